The minimum Gasteiger partial charge on any atom is -0.508 e. The van der Waals surface area contributed by atoms with Crippen molar-refractivity contribution < 1.29 is 5.11 Å². The van der Waals surface area contributed by atoms with Crippen LogP contribution < -0.4 is 0 Å². The van der Waals surface area contributed by atoms with E-state index < -0.39 is 0 Å². The second-order valence-corrected chi connectivity index (χ2v) is 6.00. The normalized spacial score (nSPS) is 10.9. The van der Waals surface area contributed by atoms with Crippen molar-refractivity contribution in [3.05, 3.63) is 59.5 Å². The summed E-state index contributed by atoms with van der Waals surface area (Å²) in [5, 5.41) is 12.8. The molecule has 0 saturated carbocycles. The van der Waals surface area contributed by atoms with Gasteiger partial charge in [-0.05, 0) is 46.7 Å². The molecule has 0 bridgehead atoms. The molecule has 3 aromatic rings. The Labute approximate surface area is 114 Å². The molecule has 1 heterocycles. The predicted octanol–water partition coefficient (Wildman–Crippen LogP) is 4.90. The number of phenols is 1. The highest BCUT2D eigenvalue weighted by molar-refractivity contribution is 7.98. The summed E-state index contributed by atoms with van der Waals surface area (Å²) in [5.74, 6) is 1.29. The van der Waals surface area contributed by atoms with E-state index in [1.54, 1.807) is 35.2 Å². The zero-order valence-corrected chi connectivity index (χ0v) is 11.3. The monoisotopic (exact) mass is 272 g/mol. The van der Waals surface area contributed by atoms with Gasteiger partial charge in [-0.3, -0.25) is 0 Å². The molecule has 0 aliphatic rings. The van der Waals surface area contributed by atoms with E-state index in [0.717, 1.165) is 5.75 Å². The van der Waals surface area contributed by atoms with Crippen molar-refractivity contribution >= 4 is 33.2 Å². The third-order valence-electron chi connectivity index (χ3n) is 2.79. The van der Waals surface area contributed by atoms with Gasteiger partial charge in [0.25, 0.3) is 0 Å². The maximum Gasteiger partial charge on any atom is 0.115 e. The van der Waals surface area contributed by atoms with E-state index in [9.17, 15) is 5.11 Å². The van der Waals surface area contributed by atoms with E-state index in [-0.39, 0.29) is 0 Å². The Hall–Kier alpha value is -1.45. The van der Waals surface area contributed by atoms with Crippen LogP contribution in [0.4, 0.5) is 0 Å². The Balaban J connectivity index is 1.79. The molecule has 90 valence electrons. The summed E-state index contributed by atoms with van der Waals surface area (Å²) in [6.45, 7) is 0. The number of hydrogen-bond donors (Lipinski definition) is 1. The number of thiophene rings is 1. The minimum absolute atomic E-state index is 0.320. The van der Waals surface area contributed by atoms with Gasteiger partial charge in [-0.25, -0.2) is 0 Å². The molecule has 18 heavy (non-hydrogen) atoms. The topological polar surface area (TPSA) is 20.2 Å². The Morgan fingerprint density at radius 2 is 1.78 bits per heavy atom. The number of rotatable bonds is 3. The van der Waals surface area contributed by atoms with E-state index in [0.29, 0.717) is 5.75 Å². The second kappa shape index (κ2) is 5.04. The van der Waals surface area contributed by atoms with Gasteiger partial charge >= 0.3 is 0 Å². The zero-order valence-electron chi connectivity index (χ0n) is 9.67. The maximum atomic E-state index is 9.24. The molecule has 2 aromatic carbocycles. The second-order valence-electron chi connectivity index (χ2n) is 4.04. The molecule has 3 rings (SSSR count). The van der Waals surface area contributed by atoms with E-state index in [2.05, 4.69) is 29.6 Å². The van der Waals surface area contributed by atoms with Gasteiger partial charge in [-0.2, -0.15) is 0 Å². The lowest BCUT2D eigenvalue weighted by molar-refractivity contribution is 0.475. The van der Waals surface area contributed by atoms with Crippen LogP contribution in [0.1, 0.15) is 5.56 Å². The fourth-order valence-corrected chi connectivity index (χ4v) is 3.81. The molecular formula is C15H12OS2. The lowest BCUT2D eigenvalue weighted by Crippen LogP contribution is -1.77. The summed E-state index contributed by atoms with van der Waals surface area (Å²) in [7, 11) is 0. The van der Waals surface area contributed by atoms with Crippen molar-refractivity contribution in [1.29, 1.82) is 0 Å². The molecule has 0 fully saturated rings. The fourth-order valence-electron chi connectivity index (χ4n) is 1.85. The van der Waals surface area contributed by atoms with Crippen molar-refractivity contribution in [3.63, 3.8) is 0 Å². The van der Waals surface area contributed by atoms with Crippen LogP contribution in [0.3, 0.4) is 0 Å². The molecule has 0 amide bonds. The van der Waals surface area contributed by atoms with Crippen LogP contribution in [-0.2, 0) is 5.75 Å². The molecule has 0 aliphatic carbocycles. The van der Waals surface area contributed by atoms with Gasteiger partial charge in [0.05, 0.1) is 0 Å². The third-order valence-corrected chi connectivity index (χ3v) is 4.87. The van der Waals surface area contributed by atoms with Crippen LogP contribution in [0.5, 0.6) is 5.75 Å². The molecule has 3 heteroatoms. The largest absolute Gasteiger partial charge is 0.508 e. The standard InChI is InChI=1S/C15H12OS2/c16-12-5-7-13(8-6-12)17-9-11-10-18-15-4-2-1-3-14(11)15/h1-8,10,16H,9H2. The Morgan fingerprint density at radius 1 is 1.00 bits per heavy atom. The molecule has 1 nitrogen and oxygen atoms in total. The SMILES string of the molecule is Oc1ccc(SCc2csc3ccccc23)cc1. The van der Waals surface area contributed by atoms with Gasteiger partial charge < -0.3 is 5.11 Å². The van der Waals surface area contributed by atoms with Gasteiger partial charge in [-0.15, -0.1) is 23.1 Å². The van der Waals surface area contributed by atoms with Crippen LogP contribution >= 0.6 is 23.1 Å². The van der Waals surface area contributed by atoms with Crippen LogP contribution in [0.25, 0.3) is 10.1 Å². The Bertz CT molecular complexity index is 656. The smallest absolute Gasteiger partial charge is 0.115 e. The van der Waals surface area contributed by atoms with E-state index >= 15 is 0 Å². The van der Waals surface area contributed by atoms with E-state index in [1.165, 1.54) is 20.5 Å². The highest BCUT2D eigenvalue weighted by Crippen LogP contribution is 2.31. The fraction of sp³-hybridized carbons (Fsp3) is 0.0667. The first-order chi connectivity index (χ1) is 8.83. The molecule has 1 N–H and O–H groups in total. The van der Waals surface area contributed by atoms with Gasteiger partial charge in [0, 0.05) is 15.3 Å². The Kier molecular flexibility index (Phi) is 3.26. The molecule has 1 aromatic heterocycles. The molecule has 0 atom stereocenters. The van der Waals surface area contributed by atoms with Crippen molar-refractivity contribution in [2.75, 3.05) is 0 Å². The molecule has 0 spiro atoms. The third kappa shape index (κ3) is 2.37. The highest BCUT2D eigenvalue weighted by atomic mass is 32.2. The van der Waals surface area contributed by atoms with Crippen molar-refractivity contribution in [2.45, 2.75) is 10.6 Å². The molecular weight excluding hydrogens is 260 g/mol. The molecule has 0 radical (unpaired) electrons. The van der Waals surface area contributed by atoms with Crippen LogP contribution in [0.2, 0.25) is 0 Å². The summed E-state index contributed by atoms with van der Waals surface area (Å²) in [4.78, 5) is 1.18. The van der Waals surface area contributed by atoms with Gasteiger partial charge in [-0.1, -0.05) is 18.2 Å². The van der Waals surface area contributed by atoms with Crippen LogP contribution in [0.15, 0.2) is 58.8 Å². The van der Waals surface area contributed by atoms with E-state index in [4.69, 9.17) is 0 Å². The van der Waals surface area contributed by atoms with Gasteiger partial charge in [0.1, 0.15) is 5.75 Å². The van der Waals surface area contributed by atoms with Gasteiger partial charge in [0.15, 0.2) is 0 Å². The van der Waals surface area contributed by atoms with Crippen LogP contribution in [-0.4, -0.2) is 5.11 Å². The summed E-state index contributed by atoms with van der Waals surface area (Å²) in [6, 6.07) is 15.9. The van der Waals surface area contributed by atoms with Crippen molar-refractivity contribution in [3.8, 4) is 5.75 Å². The lowest BCUT2D eigenvalue weighted by atomic mass is 10.2. The molecule has 0 aliphatic heterocycles. The average molecular weight is 272 g/mol. The number of thioether (sulfide) groups is 1. The summed E-state index contributed by atoms with van der Waals surface area (Å²) >= 11 is 3.60. The highest BCUT2D eigenvalue weighted by Gasteiger charge is 2.03. The average Bonchev–Trinajstić information content (AvgIpc) is 2.82. The summed E-state index contributed by atoms with van der Waals surface area (Å²) in [6.07, 6.45) is 0. The number of fused-ring (bicyclic) bond motifs is 1. The summed E-state index contributed by atoms with van der Waals surface area (Å²) in [5.41, 5.74) is 1.38. The first-order valence-electron chi connectivity index (χ1n) is 5.70. The predicted molar refractivity (Wildman–Crippen MR) is 79.5 cm³/mol. The quantitative estimate of drug-likeness (QED) is 0.684. The summed E-state index contributed by atoms with van der Waals surface area (Å²) < 4.78 is 1.35. The van der Waals surface area contributed by atoms with E-state index in [1.807, 2.05) is 12.1 Å². The zero-order chi connectivity index (χ0) is 12.4. The van der Waals surface area contributed by atoms with Gasteiger partial charge in [0.2, 0.25) is 0 Å². The van der Waals surface area contributed by atoms with Crippen LogP contribution in [0, 0.1) is 0 Å². The molecule has 0 saturated heterocycles. The maximum absolute atomic E-state index is 9.24. The first kappa shape index (κ1) is 11.6. The molecule has 0 unspecified atom stereocenters. The minimum atomic E-state index is 0.320. The Morgan fingerprint density at radius 3 is 2.61 bits per heavy atom. The lowest BCUT2D eigenvalue weighted by Gasteiger charge is -2.01. The number of aromatic hydroxyl groups is 1. The number of phenolic OH excluding ortho intramolecular Hbond substituents is 1. The number of benzene rings is 2. The van der Waals surface area contributed by atoms with Crippen molar-refractivity contribution in [1.82, 2.24) is 0 Å². The number of hydrogen-bond acceptors (Lipinski definition) is 3. The van der Waals surface area contributed by atoms with Crippen molar-refractivity contribution in [2.24, 2.45) is 0 Å². The first-order valence-corrected chi connectivity index (χ1v) is 7.56.